The molecule has 2 N–H and O–H groups in total. The maximum Gasteiger partial charge on any atom is 0.408 e. The third kappa shape index (κ3) is 6.81. The molecule has 0 bridgehead atoms. The fourth-order valence-electron chi connectivity index (χ4n) is 3.51. The van der Waals surface area contributed by atoms with Crippen LogP contribution in [-0.4, -0.2) is 42.6 Å². The quantitative estimate of drug-likeness (QED) is 0.406. The average Bonchev–Trinajstić information content (AvgIpc) is 2.84. The van der Waals surface area contributed by atoms with Crippen LogP contribution >= 0.6 is 0 Å². The molecule has 0 radical (unpaired) electrons. The van der Waals surface area contributed by atoms with E-state index in [2.05, 4.69) is 10.6 Å². The summed E-state index contributed by atoms with van der Waals surface area (Å²) in [5, 5.41) is 5.07. The van der Waals surface area contributed by atoms with Crippen molar-refractivity contribution in [3.8, 4) is 0 Å². The van der Waals surface area contributed by atoms with Crippen molar-refractivity contribution in [3.05, 3.63) is 71.8 Å². The molecule has 9 heteroatoms. The summed E-state index contributed by atoms with van der Waals surface area (Å²) < 4.78 is 15.3. The van der Waals surface area contributed by atoms with Crippen molar-refractivity contribution in [3.63, 3.8) is 0 Å². The van der Waals surface area contributed by atoms with Gasteiger partial charge in [-0.25, -0.2) is 9.59 Å². The summed E-state index contributed by atoms with van der Waals surface area (Å²) in [7, 11) is 1.24. The zero-order valence-corrected chi connectivity index (χ0v) is 19.0. The lowest BCUT2D eigenvalue weighted by Crippen LogP contribution is -2.63. The van der Waals surface area contributed by atoms with Crippen LogP contribution in [0.4, 0.5) is 4.79 Å². The fourth-order valence-corrected chi connectivity index (χ4v) is 3.51. The van der Waals surface area contributed by atoms with Gasteiger partial charge < -0.3 is 24.8 Å². The average molecular weight is 469 g/mol. The second kappa shape index (κ2) is 11.8. The lowest BCUT2D eigenvalue weighted by Gasteiger charge is -2.40. The molecule has 1 atom stereocenters. The van der Waals surface area contributed by atoms with Crippen LogP contribution in [0.25, 0.3) is 0 Å². The minimum absolute atomic E-state index is 0.00837. The summed E-state index contributed by atoms with van der Waals surface area (Å²) in [6.07, 6.45) is 0.257. The first-order valence-electron chi connectivity index (χ1n) is 11.0. The molecule has 2 aromatic rings. The Balaban J connectivity index is 1.63. The van der Waals surface area contributed by atoms with Gasteiger partial charge in [0.25, 0.3) is 0 Å². The summed E-state index contributed by atoms with van der Waals surface area (Å²) >= 11 is 0. The molecule has 0 saturated heterocycles. The lowest BCUT2D eigenvalue weighted by molar-refractivity contribution is -0.155. The molecule has 0 heterocycles. The minimum atomic E-state index is -1.30. The minimum Gasteiger partial charge on any atom is -0.467 e. The molecule has 3 rings (SSSR count). The number of rotatable bonds is 10. The van der Waals surface area contributed by atoms with Crippen molar-refractivity contribution >= 4 is 23.9 Å². The topological polar surface area (TPSA) is 120 Å². The molecule has 180 valence electrons. The van der Waals surface area contributed by atoms with E-state index in [1.54, 1.807) is 36.4 Å². The van der Waals surface area contributed by atoms with Gasteiger partial charge in [0, 0.05) is 0 Å². The molecular weight excluding hydrogens is 440 g/mol. The zero-order chi connectivity index (χ0) is 24.4. The predicted octanol–water partition coefficient (Wildman–Crippen LogP) is 2.63. The molecule has 1 fully saturated rings. The maximum absolute atomic E-state index is 13.0. The largest absolute Gasteiger partial charge is 0.467 e. The molecule has 34 heavy (non-hydrogen) atoms. The van der Waals surface area contributed by atoms with Gasteiger partial charge in [-0.15, -0.1) is 0 Å². The van der Waals surface area contributed by atoms with Gasteiger partial charge in [0.2, 0.25) is 5.91 Å². The third-order valence-electron chi connectivity index (χ3n) is 5.58. The van der Waals surface area contributed by atoms with Crippen LogP contribution in [0, 0.1) is 0 Å². The van der Waals surface area contributed by atoms with Gasteiger partial charge in [0.1, 0.15) is 24.8 Å². The second-order valence-electron chi connectivity index (χ2n) is 8.03. The molecule has 9 nitrogen and oxygen atoms in total. The highest BCUT2D eigenvalue weighted by molar-refractivity contribution is 5.94. The SMILES string of the molecule is COC(=O)C1(NC(=O)[C@H](CC(=O)OCc2ccccc2)NC(=O)OCc2ccccc2)CCC1. The Bertz CT molecular complexity index is 933. The molecular formula is C25H28N2O7. The van der Waals surface area contributed by atoms with E-state index >= 15 is 0 Å². The number of ether oxygens (including phenoxy) is 3. The Hall–Kier alpha value is -3.88. The summed E-state index contributed by atoms with van der Waals surface area (Å²) in [6.45, 7) is 0.0180. The van der Waals surface area contributed by atoms with Gasteiger partial charge in [-0.2, -0.15) is 0 Å². The van der Waals surface area contributed by atoms with Gasteiger partial charge in [-0.3, -0.25) is 9.59 Å². The van der Waals surface area contributed by atoms with Crippen LogP contribution in [0.2, 0.25) is 0 Å². The maximum atomic E-state index is 13.0. The zero-order valence-electron chi connectivity index (χ0n) is 19.0. The number of hydrogen-bond donors (Lipinski definition) is 2. The molecule has 2 aromatic carbocycles. The number of benzene rings is 2. The molecule has 1 aliphatic carbocycles. The van der Waals surface area contributed by atoms with E-state index in [0.29, 0.717) is 12.8 Å². The Labute approximate surface area is 197 Å². The Morgan fingerprint density at radius 2 is 1.44 bits per heavy atom. The van der Waals surface area contributed by atoms with Crippen molar-refractivity contribution in [2.75, 3.05) is 7.11 Å². The number of hydrogen-bond acceptors (Lipinski definition) is 7. The smallest absolute Gasteiger partial charge is 0.408 e. The van der Waals surface area contributed by atoms with E-state index in [9.17, 15) is 19.2 Å². The lowest BCUT2D eigenvalue weighted by atomic mass is 9.76. The first kappa shape index (κ1) is 24.8. The van der Waals surface area contributed by atoms with Crippen molar-refractivity contribution in [1.82, 2.24) is 10.6 Å². The Kier molecular flexibility index (Phi) is 8.61. The standard InChI is InChI=1S/C25H28N2O7/c1-32-23(30)25(13-8-14-25)27-22(29)20(15-21(28)33-16-18-9-4-2-5-10-18)26-24(31)34-17-19-11-6-3-7-12-19/h2-7,9-12,20H,8,13-17H2,1H3,(H,26,31)(H,27,29)/t20-/m0/s1. The van der Waals surface area contributed by atoms with E-state index in [4.69, 9.17) is 14.2 Å². The molecule has 2 amide bonds. The first-order valence-corrected chi connectivity index (χ1v) is 11.0. The van der Waals surface area contributed by atoms with Crippen LogP contribution in [0.1, 0.15) is 36.8 Å². The van der Waals surface area contributed by atoms with Crippen molar-refractivity contribution in [2.24, 2.45) is 0 Å². The number of carbonyl (C=O) groups is 4. The number of nitrogens with one attached hydrogen (secondary N) is 2. The van der Waals surface area contributed by atoms with Crippen LogP contribution in [-0.2, 0) is 41.8 Å². The Morgan fingerprint density at radius 3 is 1.94 bits per heavy atom. The van der Waals surface area contributed by atoms with Crippen LogP contribution in [0.15, 0.2) is 60.7 Å². The first-order chi connectivity index (χ1) is 16.4. The Morgan fingerprint density at radius 1 is 0.882 bits per heavy atom. The highest BCUT2D eigenvalue weighted by atomic mass is 16.6. The number of amides is 2. The van der Waals surface area contributed by atoms with E-state index in [1.807, 2.05) is 24.3 Å². The van der Waals surface area contributed by atoms with Crippen LogP contribution < -0.4 is 10.6 Å². The fraction of sp³-hybridized carbons (Fsp3) is 0.360. The van der Waals surface area contributed by atoms with Gasteiger partial charge in [0.05, 0.1) is 13.5 Å². The molecule has 0 aliphatic heterocycles. The predicted molar refractivity (Wildman–Crippen MR) is 121 cm³/mol. The van der Waals surface area contributed by atoms with Gasteiger partial charge in [-0.1, -0.05) is 60.7 Å². The van der Waals surface area contributed by atoms with E-state index in [0.717, 1.165) is 17.5 Å². The van der Waals surface area contributed by atoms with Crippen molar-refractivity contribution in [2.45, 2.75) is 50.5 Å². The third-order valence-corrected chi connectivity index (χ3v) is 5.58. The highest BCUT2D eigenvalue weighted by Crippen LogP contribution is 2.33. The van der Waals surface area contributed by atoms with Crippen LogP contribution in [0.3, 0.4) is 0 Å². The van der Waals surface area contributed by atoms with E-state index in [-0.39, 0.29) is 13.2 Å². The van der Waals surface area contributed by atoms with Crippen molar-refractivity contribution < 1.29 is 33.4 Å². The second-order valence-corrected chi connectivity index (χ2v) is 8.03. The highest BCUT2D eigenvalue weighted by Gasteiger charge is 2.47. The van der Waals surface area contributed by atoms with Gasteiger partial charge in [0.15, 0.2) is 0 Å². The number of alkyl carbamates (subject to hydrolysis) is 1. The van der Waals surface area contributed by atoms with Crippen molar-refractivity contribution in [1.29, 1.82) is 0 Å². The molecule has 1 aliphatic rings. The molecule has 0 aromatic heterocycles. The molecule has 1 saturated carbocycles. The molecule has 0 spiro atoms. The monoisotopic (exact) mass is 468 g/mol. The van der Waals surface area contributed by atoms with Gasteiger partial charge in [-0.05, 0) is 30.4 Å². The van der Waals surface area contributed by atoms with E-state index < -0.39 is 41.9 Å². The number of carbonyl (C=O) groups excluding carboxylic acids is 4. The number of esters is 2. The molecule has 0 unspecified atom stereocenters. The summed E-state index contributed by atoms with van der Waals surface area (Å²) in [6, 6.07) is 16.8. The van der Waals surface area contributed by atoms with Gasteiger partial charge >= 0.3 is 18.0 Å². The van der Waals surface area contributed by atoms with Crippen LogP contribution in [0.5, 0.6) is 0 Å². The summed E-state index contributed by atoms with van der Waals surface area (Å²) in [5.41, 5.74) is 0.388. The normalized spacial score (nSPS) is 14.6. The summed E-state index contributed by atoms with van der Waals surface area (Å²) in [5.74, 6) is -1.95. The number of methoxy groups -OCH3 is 1. The van der Waals surface area contributed by atoms with E-state index in [1.165, 1.54) is 7.11 Å². The summed E-state index contributed by atoms with van der Waals surface area (Å²) in [4.78, 5) is 50.0.